The standard InChI is InChI=1S/C17H13ClF2N2O2/c18-14-9(3-5-12(19)15(14)20)8-22-17(24)11-4-6-13(23)16-10(11)2-1-7-21-16/h1-3,5,7,11H,4,6,8H2,(H,22,24). The van der Waals surface area contributed by atoms with Crippen molar-refractivity contribution in [1.82, 2.24) is 10.3 Å². The largest absolute Gasteiger partial charge is 0.351 e. The molecule has 1 aromatic carbocycles. The minimum absolute atomic E-state index is 0.0328. The summed E-state index contributed by atoms with van der Waals surface area (Å²) in [7, 11) is 0. The van der Waals surface area contributed by atoms with Gasteiger partial charge in [-0.1, -0.05) is 23.7 Å². The molecule has 0 aliphatic heterocycles. The van der Waals surface area contributed by atoms with Crippen molar-refractivity contribution in [3.8, 4) is 0 Å². The van der Waals surface area contributed by atoms with Gasteiger partial charge < -0.3 is 5.32 Å². The first-order chi connectivity index (χ1) is 11.5. The van der Waals surface area contributed by atoms with Crippen LogP contribution in [0.5, 0.6) is 0 Å². The van der Waals surface area contributed by atoms with Gasteiger partial charge in [0.25, 0.3) is 0 Å². The lowest BCUT2D eigenvalue weighted by molar-refractivity contribution is -0.122. The summed E-state index contributed by atoms with van der Waals surface area (Å²) >= 11 is 5.75. The van der Waals surface area contributed by atoms with Crippen molar-refractivity contribution < 1.29 is 18.4 Å². The van der Waals surface area contributed by atoms with Gasteiger partial charge in [-0.25, -0.2) is 8.78 Å². The average molecular weight is 351 g/mol. The molecule has 1 aliphatic rings. The maximum Gasteiger partial charge on any atom is 0.227 e. The van der Waals surface area contributed by atoms with Crippen molar-refractivity contribution in [2.75, 3.05) is 0 Å². The van der Waals surface area contributed by atoms with Crippen LogP contribution in [0.2, 0.25) is 5.02 Å². The highest BCUT2D eigenvalue weighted by atomic mass is 35.5. The SMILES string of the molecule is O=C1CCC(C(=O)NCc2ccc(F)c(F)c2Cl)c2cccnc21. The van der Waals surface area contributed by atoms with Crippen molar-refractivity contribution in [2.45, 2.75) is 25.3 Å². The Kier molecular flexibility index (Phi) is 4.57. The van der Waals surface area contributed by atoms with Gasteiger partial charge >= 0.3 is 0 Å². The summed E-state index contributed by atoms with van der Waals surface area (Å²) < 4.78 is 26.5. The second kappa shape index (κ2) is 6.65. The highest BCUT2D eigenvalue weighted by Gasteiger charge is 2.31. The topological polar surface area (TPSA) is 59.1 Å². The molecule has 0 fully saturated rings. The van der Waals surface area contributed by atoms with E-state index in [0.717, 1.165) is 6.07 Å². The van der Waals surface area contributed by atoms with Gasteiger partial charge in [-0.05, 0) is 29.7 Å². The number of pyridine rings is 1. The number of nitrogens with zero attached hydrogens (tertiary/aromatic N) is 1. The van der Waals surface area contributed by atoms with Gasteiger partial charge in [0.15, 0.2) is 17.4 Å². The van der Waals surface area contributed by atoms with Crippen molar-refractivity contribution in [3.63, 3.8) is 0 Å². The molecule has 1 aromatic heterocycles. The molecule has 0 spiro atoms. The zero-order valence-electron chi connectivity index (χ0n) is 12.5. The lowest BCUT2D eigenvalue weighted by atomic mass is 9.84. The number of ketones is 1. The van der Waals surface area contributed by atoms with Crippen LogP contribution in [-0.2, 0) is 11.3 Å². The average Bonchev–Trinajstić information content (AvgIpc) is 2.59. The number of benzene rings is 1. The molecule has 1 aliphatic carbocycles. The van der Waals surface area contributed by atoms with Gasteiger partial charge in [-0.15, -0.1) is 0 Å². The zero-order valence-corrected chi connectivity index (χ0v) is 13.2. The van der Waals surface area contributed by atoms with E-state index in [0.29, 0.717) is 17.7 Å². The van der Waals surface area contributed by atoms with Crippen LogP contribution >= 0.6 is 11.6 Å². The quantitative estimate of drug-likeness (QED) is 0.863. The molecule has 1 atom stereocenters. The second-order valence-electron chi connectivity index (χ2n) is 5.51. The molecule has 7 heteroatoms. The number of carbonyl (C=O) groups excluding carboxylic acids is 2. The van der Waals surface area contributed by atoms with Gasteiger partial charge in [-0.2, -0.15) is 0 Å². The van der Waals surface area contributed by atoms with Crippen LogP contribution in [0.1, 0.15) is 40.4 Å². The highest BCUT2D eigenvalue weighted by Crippen LogP contribution is 2.30. The molecule has 0 saturated carbocycles. The maximum atomic E-state index is 13.4. The Balaban J connectivity index is 1.76. The minimum Gasteiger partial charge on any atom is -0.351 e. The van der Waals surface area contributed by atoms with E-state index in [1.807, 2.05) is 0 Å². The fourth-order valence-electron chi connectivity index (χ4n) is 2.76. The molecule has 1 amide bonds. The normalized spacial score (nSPS) is 16.6. The fourth-order valence-corrected chi connectivity index (χ4v) is 2.98. The molecular weight excluding hydrogens is 338 g/mol. The molecule has 1 unspecified atom stereocenters. The van der Waals surface area contributed by atoms with Crippen molar-refractivity contribution in [3.05, 3.63) is 63.9 Å². The molecule has 0 radical (unpaired) electrons. The van der Waals surface area contributed by atoms with Gasteiger partial charge in [0.05, 0.1) is 10.9 Å². The van der Waals surface area contributed by atoms with Crippen molar-refractivity contribution in [1.29, 1.82) is 0 Å². The van der Waals surface area contributed by atoms with Crippen LogP contribution in [-0.4, -0.2) is 16.7 Å². The van der Waals surface area contributed by atoms with E-state index in [4.69, 9.17) is 11.6 Å². The lowest BCUT2D eigenvalue weighted by Crippen LogP contribution is -2.32. The van der Waals surface area contributed by atoms with Crippen LogP contribution in [0.4, 0.5) is 8.78 Å². The molecule has 0 bridgehead atoms. The molecule has 2 aromatic rings. The summed E-state index contributed by atoms with van der Waals surface area (Å²) in [5.41, 5.74) is 1.18. The third-order valence-corrected chi connectivity index (χ3v) is 4.43. The fraction of sp³-hybridized carbons (Fsp3) is 0.235. The van der Waals surface area contributed by atoms with Crippen LogP contribution < -0.4 is 5.32 Å². The molecule has 3 rings (SSSR count). The smallest absolute Gasteiger partial charge is 0.227 e. The summed E-state index contributed by atoms with van der Waals surface area (Å²) in [6.07, 6.45) is 2.14. The van der Waals surface area contributed by atoms with Crippen LogP contribution in [0.3, 0.4) is 0 Å². The van der Waals surface area contributed by atoms with E-state index in [9.17, 15) is 18.4 Å². The molecule has 1 N–H and O–H groups in total. The highest BCUT2D eigenvalue weighted by molar-refractivity contribution is 6.31. The Hall–Kier alpha value is -2.34. The summed E-state index contributed by atoms with van der Waals surface area (Å²) in [4.78, 5) is 28.3. The molecule has 24 heavy (non-hydrogen) atoms. The van der Waals surface area contributed by atoms with E-state index in [1.54, 1.807) is 12.1 Å². The van der Waals surface area contributed by atoms with Crippen LogP contribution in [0.15, 0.2) is 30.5 Å². The van der Waals surface area contributed by atoms with Gasteiger partial charge in [-0.3, -0.25) is 14.6 Å². The van der Waals surface area contributed by atoms with E-state index >= 15 is 0 Å². The summed E-state index contributed by atoms with van der Waals surface area (Å²) in [5.74, 6) is -3.08. The van der Waals surface area contributed by atoms with E-state index in [-0.39, 0.29) is 35.2 Å². The Morgan fingerprint density at radius 1 is 1.33 bits per heavy atom. The summed E-state index contributed by atoms with van der Waals surface area (Å²) in [6.45, 7) is -0.0328. The number of nitrogens with one attached hydrogen (secondary N) is 1. The maximum absolute atomic E-state index is 13.4. The number of hydrogen-bond acceptors (Lipinski definition) is 3. The van der Waals surface area contributed by atoms with Crippen molar-refractivity contribution >= 4 is 23.3 Å². The lowest BCUT2D eigenvalue weighted by Gasteiger charge is -2.23. The first kappa shape index (κ1) is 16.5. The summed E-state index contributed by atoms with van der Waals surface area (Å²) in [5, 5.41) is 2.31. The number of fused-ring (bicyclic) bond motifs is 1. The number of Topliss-reactive ketones (excluding diaryl/α,β-unsaturated/α-hetero) is 1. The molecular formula is C17H13ClF2N2O2. The Labute approximate surface area is 141 Å². The first-order valence-corrected chi connectivity index (χ1v) is 7.75. The number of carbonyl (C=O) groups is 2. The Morgan fingerprint density at radius 3 is 2.92 bits per heavy atom. The van der Waals surface area contributed by atoms with E-state index in [2.05, 4.69) is 10.3 Å². The predicted molar refractivity (Wildman–Crippen MR) is 83.8 cm³/mol. The predicted octanol–water partition coefficient (Wildman–Crippen LogP) is 3.39. The zero-order chi connectivity index (χ0) is 17.3. The first-order valence-electron chi connectivity index (χ1n) is 7.37. The van der Waals surface area contributed by atoms with Gasteiger partial charge in [0.1, 0.15) is 5.69 Å². The minimum atomic E-state index is -1.14. The molecule has 124 valence electrons. The number of rotatable bonds is 3. The second-order valence-corrected chi connectivity index (χ2v) is 5.89. The third kappa shape index (κ3) is 3.01. The van der Waals surface area contributed by atoms with Crippen LogP contribution in [0, 0.1) is 11.6 Å². The van der Waals surface area contributed by atoms with Gasteiger partial charge in [0, 0.05) is 19.2 Å². The van der Waals surface area contributed by atoms with Crippen LogP contribution in [0.25, 0.3) is 0 Å². The molecule has 4 nitrogen and oxygen atoms in total. The number of hydrogen-bond donors (Lipinski definition) is 1. The molecule has 0 saturated heterocycles. The Bertz CT molecular complexity index is 826. The Morgan fingerprint density at radius 2 is 2.12 bits per heavy atom. The van der Waals surface area contributed by atoms with E-state index < -0.39 is 17.6 Å². The third-order valence-electron chi connectivity index (χ3n) is 4.02. The summed E-state index contributed by atoms with van der Waals surface area (Å²) in [6, 6.07) is 5.65. The van der Waals surface area contributed by atoms with Gasteiger partial charge in [0.2, 0.25) is 5.91 Å². The van der Waals surface area contributed by atoms with E-state index in [1.165, 1.54) is 12.3 Å². The number of amides is 1. The van der Waals surface area contributed by atoms with Crippen molar-refractivity contribution in [2.24, 2.45) is 0 Å². The number of aromatic nitrogens is 1. The molecule has 1 heterocycles. The monoisotopic (exact) mass is 350 g/mol. The number of halogens is 3.